The number of nitrogens with two attached hydrogens (primary N) is 1. The van der Waals surface area contributed by atoms with Crippen LogP contribution in [0.3, 0.4) is 0 Å². The third-order valence-electron chi connectivity index (χ3n) is 7.53. The number of aliphatic hydroxyl groups excluding tert-OH is 1. The summed E-state index contributed by atoms with van der Waals surface area (Å²) in [7, 11) is 1.55. The van der Waals surface area contributed by atoms with E-state index >= 15 is 4.39 Å². The van der Waals surface area contributed by atoms with Crippen LogP contribution in [0, 0.1) is 22.9 Å². The molecule has 1 atom stereocenters. The van der Waals surface area contributed by atoms with Gasteiger partial charge in [-0.15, -0.1) is 0 Å². The standard InChI is InChI=1S/C28H33F4N3O3/c1-37-20-2-3-25-21(14-20)26(18(15-33)16-34-25)22(30)4-5-28(17-36)6-8-35(9-7-28)10-11-38-27-23(31)12-19(29)13-24(27)32/h2-3,12-14,16,22,36H,4-11,15,17,33H2,1H3/t22-/m0/s1. The number of aromatic nitrogens is 1. The number of benzene rings is 2. The molecule has 0 radical (unpaired) electrons. The van der Waals surface area contributed by atoms with Crippen LogP contribution in [0.2, 0.25) is 0 Å². The quantitative estimate of drug-likeness (QED) is 0.334. The van der Waals surface area contributed by atoms with Crippen molar-refractivity contribution >= 4 is 10.9 Å². The first-order valence-electron chi connectivity index (χ1n) is 12.7. The van der Waals surface area contributed by atoms with Gasteiger partial charge in [0.1, 0.15) is 24.3 Å². The molecule has 6 nitrogen and oxygen atoms in total. The Hall–Kier alpha value is -2.95. The highest BCUT2D eigenvalue weighted by Gasteiger charge is 2.35. The van der Waals surface area contributed by atoms with E-state index < -0.39 is 34.8 Å². The first-order valence-corrected chi connectivity index (χ1v) is 12.7. The van der Waals surface area contributed by atoms with Crippen molar-refractivity contribution in [3.63, 3.8) is 0 Å². The van der Waals surface area contributed by atoms with Crippen molar-refractivity contribution in [3.05, 3.63) is 65.1 Å². The first kappa shape index (κ1) is 28.1. The topological polar surface area (TPSA) is 80.8 Å². The Bertz CT molecular complexity index is 1220. The van der Waals surface area contributed by atoms with E-state index in [1.54, 1.807) is 31.5 Å². The van der Waals surface area contributed by atoms with Gasteiger partial charge in [-0.3, -0.25) is 9.88 Å². The van der Waals surface area contributed by atoms with Crippen LogP contribution in [0.1, 0.15) is 43.0 Å². The Balaban J connectivity index is 1.35. The van der Waals surface area contributed by atoms with Crippen molar-refractivity contribution in [2.45, 2.75) is 38.4 Å². The fourth-order valence-electron chi connectivity index (χ4n) is 5.15. The van der Waals surface area contributed by atoms with Gasteiger partial charge in [-0.2, -0.15) is 0 Å². The lowest BCUT2D eigenvalue weighted by atomic mass is 9.74. The van der Waals surface area contributed by atoms with Crippen molar-refractivity contribution < 1.29 is 32.1 Å². The zero-order valence-electron chi connectivity index (χ0n) is 21.4. The SMILES string of the molecule is COc1ccc2ncc(CN)c([C@@H](F)CCC3(CO)CCN(CCOc4c(F)cc(F)cc4F)CC3)c2c1. The predicted octanol–water partition coefficient (Wildman–Crippen LogP) is 5.06. The number of methoxy groups -OCH3 is 1. The van der Waals surface area contributed by atoms with E-state index in [0.717, 1.165) is 0 Å². The fourth-order valence-corrected chi connectivity index (χ4v) is 5.15. The summed E-state index contributed by atoms with van der Waals surface area (Å²) in [6.45, 7) is 1.78. The van der Waals surface area contributed by atoms with Crippen LogP contribution >= 0.6 is 0 Å². The number of alkyl halides is 1. The van der Waals surface area contributed by atoms with Crippen molar-refractivity contribution in [2.24, 2.45) is 11.1 Å². The summed E-state index contributed by atoms with van der Waals surface area (Å²) in [6, 6.07) is 6.50. The molecule has 1 saturated heterocycles. The summed E-state index contributed by atoms with van der Waals surface area (Å²) in [6.07, 6.45) is 2.31. The van der Waals surface area contributed by atoms with Crippen LogP contribution in [0.15, 0.2) is 36.5 Å². The first-order chi connectivity index (χ1) is 18.3. The molecule has 0 unspecified atom stereocenters. The van der Waals surface area contributed by atoms with Gasteiger partial charge in [0, 0.05) is 49.0 Å². The Labute approximate surface area is 219 Å². The van der Waals surface area contributed by atoms with E-state index in [9.17, 15) is 18.3 Å². The second kappa shape index (κ2) is 12.3. The normalized spacial score (nSPS) is 16.5. The van der Waals surface area contributed by atoms with Crippen LogP contribution < -0.4 is 15.2 Å². The van der Waals surface area contributed by atoms with Gasteiger partial charge >= 0.3 is 0 Å². The highest BCUT2D eigenvalue weighted by atomic mass is 19.1. The van der Waals surface area contributed by atoms with Crippen LogP contribution in [0.25, 0.3) is 10.9 Å². The molecule has 0 amide bonds. The molecule has 0 aliphatic carbocycles. The van der Waals surface area contributed by atoms with Crippen LogP contribution in [-0.4, -0.2) is 54.9 Å². The number of aliphatic hydroxyl groups is 1. The molecule has 2 heterocycles. The van der Waals surface area contributed by atoms with E-state index in [1.807, 2.05) is 0 Å². The molecule has 3 aromatic rings. The smallest absolute Gasteiger partial charge is 0.190 e. The van der Waals surface area contributed by atoms with Crippen LogP contribution in [0.5, 0.6) is 11.5 Å². The molecule has 10 heteroatoms. The highest BCUT2D eigenvalue weighted by molar-refractivity contribution is 5.85. The molecule has 1 fully saturated rings. The fraction of sp³-hybridized carbons (Fsp3) is 0.464. The van der Waals surface area contributed by atoms with Crippen molar-refractivity contribution in [2.75, 3.05) is 40.0 Å². The number of piperidine rings is 1. The number of likely N-dealkylation sites (tertiary alicyclic amines) is 1. The number of hydrogen-bond acceptors (Lipinski definition) is 6. The molecule has 0 spiro atoms. The molecule has 1 aliphatic heterocycles. The minimum Gasteiger partial charge on any atom is -0.497 e. The number of pyridine rings is 1. The lowest BCUT2D eigenvalue weighted by Gasteiger charge is -2.41. The molecule has 1 aromatic heterocycles. The van der Waals surface area contributed by atoms with E-state index in [0.29, 0.717) is 78.8 Å². The second-order valence-electron chi connectivity index (χ2n) is 9.84. The summed E-state index contributed by atoms with van der Waals surface area (Å²) >= 11 is 0. The van der Waals surface area contributed by atoms with Gasteiger partial charge in [0.15, 0.2) is 17.4 Å². The Morgan fingerprint density at radius 1 is 1.13 bits per heavy atom. The third-order valence-corrected chi connectivity index (χ3v) is 7.53. The second-order valence-corrected chi connectivity index (χ2v) is 9.84. The molecule has 1 aliphatic rings. The van der Waals surface area contributed by atoms with E-state index in [-0.39, 0.29) is 26.2 Å². The molecular formula is C28H33F4N3O3. The van der Waals surface area contributed by atoms with Crippen LogP contribution in [-0.2, 0) is 6.54 Å². The molecule has 3 N–H and O–H groups in total. The lowest BCUT2D eigenvalue weighted by Crippen LogP contribution is -2.43. The maximum atomic E-state index is 15.8. The molecule has 0 saturated carbocycles. The molecule has 38 heavy (non-hydrogen) atoms. The Kier molecular flexibility index (Phi) is 9.07. The zero-order chi connectivity index (χ0) is 27.3. The molecular weight excluding hydrogens is 502 g/mol. The summed E-state index contributed by atoms with van der Waals surface area (Å²) in [4.78, 5) is 6.46. The van der Waals surface area contributed by atoms with Crippen LogP contribution in [0.4, 0.5) is 17.6 Å². The van der Waals surface area contributed by atoms with Crippen molar-refractivity contribution in [1.29, 1.82) is 0 Å². The predicted molar refractivity (Wildman–Crippen MR) is 136 cm³/mol. The number of hydrogen-bond donors (Lipinski definition) is 2. The minimum atomic E-state index is -1.29. The van der Waals surface area contributed by atoms with Gasteiger partial charge in [-0.1, -0.05) is 0 Å². The van der Waals surface area contributed by atoms with Gasteiger partial charge in [0.05, 0.1) is 12.6 Å². The zero-order valence-corrected chi connectivity index (χ0v) is 21.4. The maximum Gasteiger partial charge on any atom is 0.190 e. The maximum absolute atomic E-state index is 15.8. The van der Waals surface area contributed by atoms with Crippen molar-refractivity contribution in [3.8, 4) is 11.5 Å². The van der Waals surface area contributed by atoms with E-state index in [4.69, 9.17) is 15.2 Å². The summed E-state index contributed by atoms with van der Waals surface area (Å²) in [5.41, 5.74) is 7.29. The number of rotatable bonds is 11. The van der Waals surface area contributed by atoms with Gasteiger partial charge in [0.25, 0.3) is 0 Å². The molecule has 4 rings (SSSR count). The number of nitrogens with zero attached hydrogens (tertiary/aromatic N) is 2. The lowest BCUT2D eigenvalue weighted by molar-refractivity contribution is 0.0263. The third kappa shape index (κ3) is 6.19. The summed E-state index contributed by atoms with van der Waals surface area (Å²) in [5, 5.41) is 10.9. The average molecular weight is 536 g/mol. The molecule has 2 aromatic carbocycles. The Morgan fingerprint density at radius 3 is 2.47 bits per heavy atom. The minimum absolute atomic E-state index is 0.0264. The van der Waals surface area contributed by atoms with Gasteiger partial charge in [0.2, 0.25) is 0 Å². The molecule has 0 bridgehead atoms. The average Bonchev–Trinajstić information content (AvgIpc) is 2.92. The monoisotopic (exact) mass is 535 g/mol. The van der Waals surface area contributed by atoms with E-state index in [2.05, 4.69) is 9.88 Å². The van der Waals surface area contributed by atoms with E-state index in [1.165, 1.54) is 0 Å². The summed E-state index contributed by atoms with van der Waals surface area (Å²) in [5.74, 6) is -3.16. The highest BCUT2D eigenvalue weighted by Crippen LogP contribution is 2.41. The Morgan fingerprint density at radius 2 is 1.84 bits per heavy atom. The number of fused-ring (bicyclic) bond motifs is 1. The molecule has 206 valence electrons. The largest absolute Gasteiger partial charge is 0.497 e. The van der Waals surface area contributed by atoms with Crippen molar-refractivity contribution in [1.82, 2.24) is 9.88 Å². The number of halogens is 4. The van der Waals surface area contributed by atoms with Gasteiger partial charge in [-0.05, 0) is 68.0 Å². The summed E-state index contributed by atoms with van der Waals surface area (Å²) < 4.78 is 67.0. The number of ether oxygens (including phenoxy) is 2. The van der Waals surface area contributed by atoms with Gasteiger partial charge < -0.3 is 20.3 Å². The van der Waals surface area contributed by atoms with Gasteiger partial charge in [-0.25, -0.2) is 17.6 Å².